The Balaban J connectivity index is 1.56. The zero-order valence-corrected chi connectivity index (χ0v) is 22.2. The van der Waals surface area contributed by atoms with E-state index in [9.17, 15) is 9.59 Å². The van der Waals surface area contributed by atoms with Crippen LogP contribution in [0.5, 0.6) is 5.75 Å². The van der Waals surface area contributed by atoms with Crippen LogP contribution in [0, 0.1) is 0 Å². The van der Waals surface area contributed by atoms with Gasteiger partial charge in [0.05, 0.1) is 38.2 Å². The number of hydrogen-bond donors (Lipinski definition) is 1. The van der Waals surface area contributed by atoms with E-state index in [2.05, 4.69) is 21.8 Å². The number of carbonyl (C=O) groups excluding carboxylic acids is 2. The summed E-state index contributed by atoms with van der Waals surface area (Å²) in [7, 11) is 3.52. The Morgan fingerprint density at radius 1 is 0.973 bits per heavy atom. The standard InChI is InChI=1S/C30H33N3O3S/c1-33(29(35)32-37,21-23-11-5-3-6-12-23)25-17-19-30(20-18-25,24-13-7-4-8-14-24)22-31-28(34)26-15-9-10-16-27(26)36-2/h3-16,25H,17-22H2,1-2H3/p+1/t25-,30-,33?. The summed E-state index contributed by atoms with van der Waals surface area (Å²) in [6.07, 6.45) is 3.31. The lowest BCUT2D eigenvalue weighted by molar-refractivity contribution is -0.870. The lowest BCUT2D eigenvalue weighted by atomic mass is 9.67. The average molecular weight is 517 g/mol. The summed E-state index contributed by atoms with van der Waals surface area (Å²) in [5, 5.41) is 3.18. The van der Waals surface area contributed by atoms with Gasteiger partial charge in [0.25, 0.3) is 5.91 Å². The van der Waals surface area contributed by atoms with Crippen LogP contribution in [-0.4, -0.2) is 43.2 Å². The van der Waals surface area contributed by atoms with E-state index in [1.807, 2.05) is 67.7 Å². The van der Waals surface area contributed by atoms with E-state index in [1.165, 1.54) is 5.56 Å². The highest BCUT2D eigenvalue weighted by molar-refractivity contribution is 7.47. The Morgan fingerprint density at radius 2 is 1.57 bits per heavy atom. The first-order valence-electron chi connectivity index (χ1n) is 12.7. The molecule has 0 aliphatic heterocycles. The molecule has 192 valence electrons. The fourth-order valence-electron chi connectivity index (χ4n) is 5.67. The number of nitrogens with zero attached hydrogens (tertiary/aromatic N) is 2. The molecule has 0 bridgehead atoms. The Hall–Kier alpha value is -3.42. The minimum Gasteiger partial charge on any atom is -0.496 e. The maximum Gasteiger partial charge on any atom is 0.454 e. The van der Waals surface area contributed by atoms with Crippen LogP contribution in [0.4, 0.5) is 4.79 Å². The van der Waals surface area contributed by atoms with Crippen molar-refractivity contribution < 1.29 is 18.8 Å². The van der Waals surface area contributed by atoms with Crippen molar-refractivity contribution >= 4 is 24.4 Å². The van der Waals surface area contributed by atoms with Gasteiger partial charge in [-0.25, -0.2) is 9.28 Å². The monoisotopic (exact) mass is 516 g/mol. The second-order valence-corrected chi connectivity index (χ2v) is 10.2. The van der Waals surface area contributed by atoms with Crippen molar-refractivity contribution in [1.82, 2.24) is 5.32 Å². The van der Waals surface area contributed by atoms with Crippen LogP contribution in [-0.2, 0) is 24.4 Å². The lowest BCUT2D eigenvalue weighted by Crippen LogP contribution is -2.57. The summed E-state index contributed by atoms with van der Waals surface area (Å²) in [5.74, 6) is 0.400. The number of methoxy groups -OCH3 is 1. The normalized spacial score (nSPS) is 20.9. The van der Waals surface area contributed by atoms with E-state index >= 15 is 0 Å². The van der Waals surface area contributed by atoms with Gasteiger partial charge in [-0.15, -0.1) is 0 Å². The molecule has 3 amide bonds. The van der Waals surface area contributed by atoms with E-state index in [4.69, 9.17) is 17.2 Å². The summed E-state index contributed by atoms with van der Waals surface area (Å²) in [5.41, 5.74) is 2.57. The molecule has 6 nitrogen and oxygen atoms in total. The Labute approximate surface area is 224 Å². The lowest BCUT2D eigenvalue weighted by Gasteiger charge is -2.45. The number of rotatable bonds is 8. The third-order valence-electron chi connectivity index (χ3n) is 7.91. The van der Waals surface area contributed by atoms with Crippen LogP contribution < -0.4 is 10.1 Å². The molecule has 1 aliphatic carbocycles. The van der Waals surface area contributed by atoms with Crippen molar-refractivity contribution in [2.24, 2.45) is 4.36 Å². The van der Waals surface area contributed by atoms with Crippen LogP contribution in [0.1, 0.15) is 47.2 Å². The number of nitrogens with one attached hydrogen (secondary N) is 1. The summed E-state index contributed by atoms with van der Waals surface area (Å²) < 4.78 is 9.23. The molecule has 0 spiro atoms. The Kier molecular flexibility index (Phi) is 8.46. The molecule has 1 aliphatic rings. The number of para-hydroxylation sites is 1. The minimum atomic E-state index is -0.277. The van der Waals surface area contributed by atoms with E-state index < -0.39 is 0 Å². The molecule has 7 heteroatoms. The topological polar surface area (TPSA) is 67.8 Å². The third-order valence-corrected chi connectivity index (χ3v) is 8.07. The van der Waals surface area contributed by atoms with Crippen molar-refractivity contribution in [3.05, 3.63) is 102 Å². The quantitative estimate of drug-likeness (QED) is 0.384. The molecule has 1 N–H and O–H groups in total. The Bertz CT molecular complexity index is 1230. The fourth-order valence-corrected chi connectivity index (χ4v) is 5.86. The molecule has 1 unspecified atom stereocenters. The molecular formula is C30H34N3O3S+. The predicted octanol–water partition coefficient (Wildman–Crippen LogP) is 5.80. The summed E-state index contributed by atoms with van der Waals surface area (Å²) in [6.45, 7) is 1.05. The molecule has 0 aromatic heterocycles. The number of hydrogen-bond acceptors (Lipinski definition) is 4. The van der Waals surface area contributed by atoms with E-state index in [-0.39, 0.29) is 27.9 Å². The molecule has 3 aromatic carbocycles. The van der Waals surface area contributed by atoms with Gasteiger partial charge >= 0.3 is 6.03 Å². The first-order valence-corrected chi connectivity index (χ1v) is 13.0. The minimum absolute atomic E-state index is 0.0844. The molecule has 37 heavy (non-hydrogen) atoms. The van der Waals surface area contributed by atoms with Crippen LogP contribution >= 0.6 is 0 Å². The predicted molar refractivity (Wildman–Crippen MR) is 147 cm³/mol. The number of benzene rings is 3. The molecule has 0 saturated heterocycles. The Morgan fingerprint density at radius 3 is 2.19 bits per heavy atom. The molecule has 1 saturated carbocycles. The summed E-state index contributed by atoms with van der Waals surface area (Å²) in [4.78, 5) is 26.2. The first-order chi connectivity index (χ1) is 17.9. The van der Waals surface area contributed by atoms with Gasteiger partial charge in [0, 0.05) is 30.4 Å². The van der Waals surface area contributed by atoms with E-state index in [0.717, 1.165) is 31.2 Å². The zero-order chi connectivity index (χ0) is 26.3. The number of amides is 3. The highest BCUT2D eigenvalue weighted by Crippen LogP contribution is 2.42. The summed E-state index contributed by atoms with van der Waals surface area (Å²) in [6, 6.07) is 27.4. The molecule has 4 rings (SSSR count). The largest absolute Gasteiger partial charge is 0.496 e. The van der Waals surface area contributed by atoms with Crippen molar-refractivity contribution in [3.63, 3.8) is 0 Å². The second kappa shape index (κ2) is 11.8. The number of carbonyl (C=O) groups is 2. The molecule has 0 heterocycles. The summed E-state index contributed by atoms with van der Waals surface area (Å²) >= 11 is 4.87. The number of quaternary nitrogens is 1. The van der Waals surface area contributed by atoms with Gasteiger partial charge in [0.2, 0.25) is 0 Å². The van der Waals surface area contributed by atoms with Crippen molar-refractivity contribution in [2.45, 2.75) is 43.7 Å². The van der Waals surface area contributed by atoms with Crippen molar-refractivity contribution in [2.75, 3.05) is 20.7 Å². The van der Waals surface area contributed by atoms with Crippen LogP contribution in [0.25, 0.3) is 0 Å². The van der Waals surface area contributed by atoms with Crippen LogP contribution in [0.15, 0.2) is 89.3 Å². The smallest absolute Gasteiger partial charge is 0.454 e. The molecule has 0 radical (unpaired) electrons. The van der Waals surface area contributed by atoms with Crippen LogP contribution in [0.2, 0.25) is 0 Å². The SMILES string of the molecule is COc1ccccc1C(=O)NC[C@]1(c2ccccc2)CC[C@H]([N+](C)(Cc2ccccc2)C(=O)N=S)CC1. The molecule has 1 atom stereocenters. The molecular weight excluding hydrogens is 482 g/mol. The van der Waals surface area contributed by atoms with Gasteiger partial charge in [-0.2, -0.15) is 0 Å². The maximum absolute atomic E-state index is 13.1. The number of ether oxygens (including phenoxy) is 1. The van der Waals surface area contributed by atoms with Crippen molar-refractivity contribution in [3.8, 4) is 5.75 Å². The average Bonchev–Trinajstić information content (AvgIpc) is 2.96. The van der Waals surface area contributed by atoms with Crippen LogP contribution in [0.3, 0.4) is 0 Å². The van der Waals surface area contributed by atoms with E-state index in [0.29, 0.717) is 24.4 Å². The van der Waals surface area contributed by atoms with Gasteiger partial charge in [0.1, 0.15) is 12.3 Å². The number of urea groups is 1. The zero-order valence-electron chi connectivity index (χ0n) is 21.4. The second-order valence-electron chi connectivity index (χ2n) is 10.0. The van der Waals surface area contributed by atoms with Gasteiger partial charge < -0.3 is 10.1 Å². The first kappa shape index (κ1) is 26.6. The van der Waals surface area contributed by atoms with Gasteiger partial charge in [0.15, 0.2) is 0 Å². The highest BCUT2D eigenvalue weighted by Gasteiger charge is 2.47. The van der Waals surface area contributed by atoms with Gasteiger partial charge in [-0.3, -0.25) is 4.79 Å². The maximum atomic E-state index is 13.1. The highest BCUT2D eigenvalue weighted by atomic mass is 32.1. The molecule has 1 fully saturated rings. The third kappa shape index (κ3) is 5.78. The fraction of sp³-hybridized carbons (Fsp3) is 0.333. The van der Waals surface area contributed by atoms with Gasteiger partial charge in [-0.1, -0.05) is 77.2 Å². The van der Waals surface area contributed by atoms with Gasteiger partial charge in [-0.05, 0) is 30.5 Å². The van der Waals surface area contributed by atoms with E-state index in [1.54, 1.807) is 19.2 Å². The van der Waals surface area contributed by atoms with Crippen molar-refractivity contribution in [1.29, 1.82) is 0 Å². The molecule has 3 aromatic rings.